The molecule has 1 aromatic carbocycles. The number of aromatic nitrogens is 1. The molecule has 130 valence electrons. The number of hydrogen-bond acceptors (Lipinski definition) is 5. The van der Waals surface area contributed by atoms with E-state index in [1.165, 1.54) is 0 Å². The molecule has 2 aromatic rings. The number of carbonyl (C=O) groups is 1. The number of anilines is 1. The van der Waals surface area contributed by atoms with Crippen LogP contribution in [-0.2, 0) is 4.79 Å². The Kier molecular flexibility index (Phi) is 7.94. The van der Waals surface area contributed by atoms with E-state index in [9.17, 15) is 9.90 Å². The highest BCUT2D eigenvalue weighted by molar-refractivity contribution is 5.95. The third-order valence-electron chi connectivity index (χ3n) is 3.43. The van der Waals surface area contributed by atoms with E-state index in [-0.39, 0.29) is 36.8 Å². The molecule has 1 amide bonds. The molecule has 1 aliphatic heterocycles. The number of ether oxygens (including phenoxy) is 1. The number of halogens is 2. The van der Waals surface area contributed by atoms with Crippen LogP contribution in [-0.4, -0.2) is 34.7 Å². The van der Waals surface area contributed by atoms with Crippen LogP contribution in [0.2, 0.25) is 0 Å². The van der Waals surface area contributed by atoms with E-state index >= 15 is 0 Å². The predicted molar refractivity (Wildman–Crippen MR) is 96.3 cm³/mol. The van der Waals surface area contributed by atoms with E-state index in [1.807, 2.05) is 0 Å². The Bertz CT molecular complexity index is 641. The van der Waals surface area contributed by atoms with Crippen molar-refractivity contribution in [3.63, 3.8) is 0 Å². The minimum atomic E-state index is -0.452. The first-order valence-corrected chi connectivity index (χ1v) is 7.11. The Morgan fingerprint density at radius 2 is 1.75 bits per heavy atom. The summed E-state index contributed by atoms with van der Waals surface area (Å²) in [6.45, 7) is 0.455. The molecule has 0 bridgehead atoms. The molecule has 0 saturated carbocycles. The lowest BCUT2D eigenvalue weighted by Gasteiger charge is -2.11. The molecule has 2 unspecified atom stereocenters. The fourth-order valence-corrected chi connectivity index (χ4v) is 2.29. The number of β-amino-alcohol motifs (C(OH)–C–C–N with tert-alkyl or cyclic N) is 1. The summed E-state index contributed by atoms with van der Waals surface area (Å²) < 4.78 is 5.65. The third kappa shape index (κ3) is 5.35. The highest BCUT2D eigenvalue weighted by atomic mass is 35.5. The molecule has 3 rings (SSSR count). The SMILES string of the molecule is Cl.Cl.O=C(Nc1ccc(Oc2ccncc2)cc1)C1CC(O)CN1. The molecule has 6 nitrogen and oxygen atoms in total. The molecule has 1 saturated heterocycles. The standard InChI is InChI=1S/C16H17N3O3.2ClH/c20-12-9-15(18-10-12)16(21)19-11-1-3-13(4-2-11)22-14-5-7-17-8-6-14;;/h1-8,12,15,18,20H,9-10H2,(H,19,21);2*1H. The Hall–Kier alpha value is -1.86. The number of amides is 1. The molecule has 2 atom stereocenters. The van der Waals surface area contributed by atoms with Crippen molar-refractivity contribution >= 4 is 36.4 Å². The van der Waals surface area contributed by atoms with Crippen LogP contribution in [0.4, 0.5) is 5.69 Å². The van der Waals surface area contributed by atoms with Gasteiger partial charge in [0.1, 0.15) is 11.5 Å². The third-order valence-corrected chi connectivity index (χ3v) is 3.43. The zero-order valence-corrected chi connectivity index (χ0v) is 14.3. The van der Waals surface area contributed by atoms with Crippen LogP contribution in [0, 0.1) is 0 Å². The second-order valence-corrected chi connectivity index (χ2v) is 5.15. The van der Waals surface area contributed by atoms with Gasteiger partial charge in [0.05, 0.1) is 12.1 Å². The van der Waals surface area contributed by atoms with Gasteiger partial charge in [0.25, 0.3) is 0 Å². The number of pyridine rings is 1. The first kappa shape index (κ1) is 20.2. The van der Waals surface area contributed by atoms with Gasteiger partial charge in [-0.25, -0.2) is 0 Å². The van der Waals surface area contributed by atoms with E-state index < -0.39 is 6.10 Å². The zero-order valence-electron chi connectivity index (χ0n) is 12.7. The average Bonchev–Trinajstić information content (AvgIpc) is 2.97. The molecule has 0 radical (unpaired) electrons. The van der Waals surface area contributed by atoms with Gasteiger partial charge in [0.2, 0.25) is 5.91 Å². The number of carbonyl (C=O) groups excluding carboxylic acids is 1. The molecule has 24 heavy (non-hydrogen) atoms. The molecule has 3 N–H and O–H groups in total. The fraction of sp³-hybridized carbons (Fsp3) is 0.250. The van der Waals surface area contributed by atoms with E-state index in [4.69, 9.17) is 4.74 Å². The van der Waals surface area contributed by atoms with Crippen molar-refractivity contribution in [2.75, 3.05) is 11.9 Å². The number of nitrogens with zero attached hydrogens (tertiary/aromatic N) is 1. The topological polar surface area (TPSA) is 83.5 Å². The van der Waals surface area contributed by atoms with Crippen molar-refractivity contribution in [1.82, 2.24) is 10.3 Å². The van der Waals surface area contributed by atoms with Crippen molar-refractivity contribution < 1.29 is 14.6 Å². The van der Waals surface area contributed by atoms with Gasteiger partial charge in [0, 0.05) is 24.6 Å². The maximum absolute atomic E-state index is 12.0. The van der Waals surface area contributed by atoms with Crippen LogP contribution >= 0.6 is 24.8 Å². The molecular formula is C16H19Cl2N3O3. The molecular weight excluding hydrogens is 353 g/mol. The molecule has 1 fully saturated rings. The summed E-state index contributed by atoms with van der Waals surface area (Å²) in [6.07, 6.45) is 3.31. The molecule has 0 aliphatic carbocycles. The van der Waals surface area contributed by atoms with Gasteiger partial charge >= 0.3 is 0 Å². The minimum Gasteiger partial charge on any atom is -0.457 e. The number of aliphatic hydroxyl groups excluding tert-OH is 1. The summed E-state index contributed by atoms with van der Waals surface area (Å²) in [7, 11) is 0. The van der Waals surface area contributed by atoms with Crippen LogP contribution in [0.3, 0.4) is 0 Å². The molecule has 8 heteroatoms. The van der Waals surface area contributed by atoms with E-state index in [0.717, 1.165) is 0 Å². The largest absolute Gasteiger partial charge is 0.457 e. The van der Waals surface area contributed by atoms with Crippen molar-refractivity contribution in [3.8, 4) is 11.5 Å². The average molecular weight is 372 g/mol. The molecule has 1 aliphatic rings. The summed E-state index contributed by atoms with van der Waals surface area (Å²) in [4.78, 5) is 15.9. The lowest BCUT2D eigenvalue weighted by Crippen LogP contribution is -2.35. The number of rotatable bonds is 4. The first-order chi connectivity index (χ1) is 10.7. The Balaban J connectivity index is 0.00000144. The van der Waals surface area contributed by atoms with Crippen molar-refractivity contribution in [2.45, 2.75) is 18.6 Å². The van der Waals surface area contributed by atoms with Crippen molar-refractivity contribution in [3.05, 3.63) is 48.8 Å². The van der Waals surface area contributed by atoms with E-state index in [0.29, 0.717) is 30.2 Å². The minimum absolute atomic E-state index is 0. The zero-order chi connectivity index (χ0) is 15.4. The van der Waals surface area contributed by atoms with Gasteiger partial charge in [-0.05, 0) is 42.8 Å². The quantitative estimate of drug-likeness (QED) is 0.768. The monoisotopic (exact) mass is 371 g/mol. The van der Waals surface area contributed by atoms with Crippen LogP contribution in [0.15, 0.2) is 48.8 Å². The maximum Gasteiger partial charge on any atom is 0.241 e. The fourth-order valence-electron chi connectivity index (χ4n) is 2.29. The Morgan fingerprint density at radius 1 is 1.12 bits per heavy atom. The number of benzene rings is 1. The molecule has 2 heterocycles. The van der Waals surface area contributed by atoms with Crippen LogP contribution < -0.4 is 15.4 Å². The van der Waals surface area contributed by atoms with Gasteiger partial charge in [0.15, 0.2) is 0 Å². The first-order valence-electron chi connectivity index (χ1n) is 7.11. The van der Waals surface area contributed by atoms with Gasteiger partial charge in [-0.15, -0.1) is 24.8 Å². The Morgan fingerprint density at radius 3 is 2.33 bits per heavy atom. The Labute approximate surface area is 152 Å². The molecule has 0 spiro atoms. The normalized spacial score (nSPS) is 18.9. The predicted octanol–water partition coefficient (Wildman–Crippen LogP) is 2.38. The van der Waals surface area contributed by atoms with Crippen molar-refractivity contribution in [2.24, 2.45) is 0 Å². The van der Waals surface area contributed by atoms with Gasteiger partial charge in [-0.1, -0.05) is 0 Å². The van der Waals surface area contributed by atoms with Crippen molar-refractivity contribution in [1.29, 1.82) is 0 Å². The van der Waals surface area contributed by atoms with Gasteiger partial charge < -0.3 is 20.5 Å². The summed E-state index contributed by atoms with van der Waals surface area (Å²) in [5.41, 5.74) is 0.690. The maximum atomic E-state index is 12.0. The molecule has 1 aromatic heterocycles. The smallest absolute Gasteiger partial charge is 0.241 e. The second kappa shape index (κ2) is 9.44. The van der Waals surface area contributed by atoms with Crippen LogP contribution in [0.25, 0.3) is 0 Å². The van der Waals surface area contributed by atoms with Gasteiger partial charge in [-0.3, -0.25) is 9.78 Å². The van der Waals surface area contributed by atoms with E-state index in [2.05, 4.69) is 15.6 Å². The summed E-state index contributed by atoms with van der Waals surface area (Å²) in [6, 6.07) is 10.3. The highest BCUT2D eigenvalue weighted by Gasteiger charge is 2.27. The second-order valence-electron chi connectivity index (χ2n) is 5.15. The van der Waals surface area contributed by atoms with E-state index in [1.54, 1.807) is 48.8 Å². The lowest BCUT2D eigenvalue weighted by molar-refractivity contribution is -0.117. The summed E-state index contributed by atoms with van der Waals surface area (Å²) in [5.74, 6) is 1.24. The van der Waals surface area contributed by atoms with Gasteiger partial charge in [-0.2, -0.15) is 0 Å². The number of aliphatic hydroxyl groups is 1. The highest BCUT2D eigenvalue weighted by Crippen LogP contribution is 2.22. The summed E-state index contributed by atoms with van der Waals surface area (Å²) in [5, 5.41) is 15.2. The van der Waals surface area contributed by atoms with Crippen LogP contribution in [0.5, 0.6) is 11.5 Å². The number of nitrogens with one attached hydrogen (secondary N) is 2. The lowest BCUT2D eigenvalue weighted by atomic mass is 10.2. The summed E-state index contributed by atoms with van der Waals surface area (Å²) >= 11 is 0. The van der Waals surface area contributed by atoms with Crippen LogP contribution in [0.1, 0.15) is 6.42 Å². The number of hydrogen-bond donors (Lipinski definition) is 3.